The maximum atomic E-state index is 11.5. The molecule has 1 saturated carbocycles. The second-order valence-corrected chi connectivity index (χ2v) is 6.59. The molecule has 102 valence electrons. The van der Waals surface area contributed by atoms with E-state index in [4.69, 9.17) is 16.3 Å². The molecule has 1 aromatic rings. The number of ether oxygens (including phenoxy) is 1. The molecule has 0 spiro atoms. The van der Waals surface area contributed by atoms with E-state index in [1.54, 1.807) is 12.1 Å². The Hall–Kier alpha value is -1.22. The molecule has 19 heavy (non-hydrogen) atoms. The highest BCUT2D eigenvalue weighted by atomic mass is 35.5. The Morgan fingerprint density at radius 2 is 2.05 bits per heavy atom. The Morgan fingerprint density at radius 3 is 2.74 bits per heavy atom. The molecule has 0 bridgehead atoms. The van der Waals surface area contributed by atoms with Gasteiger partial charge in [-0.3, -0.25) is 0 Å². The van der Waals surface area contributed by atoms with E-state index in [0.29, 0.717) is 10.8 Å². The standard InChI is InChI=1S/C13H14ClNO3S/c14-12-5-1-2-6-13(12)18-10-4-3-9-15-19(16,17)11-7-8-11/h1-2,5-6,11,15H,7-10H2. The van der Waals surface area contributed by atoms with E-state index in [0.717, 1.165) is 12.8 Å². The molecular formula is C13H14ClNO3S. The van der Waals surface area contributed by atoms with Gasteiger partial charge in [-0.25, -0.2) is 13.1 Å². The molecule has 0 saturated heterocycles. The van der Waals surface area contributed by atoms with Crippen LogP contribution in [0.5, 0.6) is 5.75 Å². The van der Waals surface area contributed by atoms with Crippen molar-refractivity contribution in [3.63, 3.8) is 0 Å². The number of hydrogen-bond donors (Lipinski definition) is 1. The number of halogens is 1. The maximum absolute atomic E-state index is 11.5. The summed E-state index contributed by atoms with van der Waals surface area (Å²) >= 11 is 5.90. The molecule has 0 aromatic heterocycles. The minimum absolute atomic E-state index is 0.116. The van der Waals surface area contributed by atoms with Crippen molar-refractivity contribution in [3.05, 3.63) is 29.3 Å². The van der Waals surface area contributed by atoms with Gasteiger partial charge in [0.25, 0.3) is 0 Å². The molecule has 1 aliphatic carbocycles. The first-order valence-electron chi connectivity index (χ1n) is 5.91. The highest BCUT2D eigenvalue weighted by Gasteiger charge is 2.34. The lowest BCUT2D eigenvalue weighted by Crippen LogP contribution is -2.27. The van der Waals surface area contributed by atoms with E-state index < -0.39 is 10.0 Å². The number of para-hydroxylation sites is 1. The molecule has 6 heteroatoms. The average molecular weight is 300 g/mol. The quantitative estimate of drug-likeness (QED) is 0.844. The van der Waals surface area contributed by atoms with Crippen LogP contribution >= 0.6 is 11.6 Å². The Labute approximate surface area is 118 Å². The van der Waals surface area contributed by atoms with Gasteiger partial charge in [0.1, 0.15) is 12.4 Å². The molecule has 0 radical (unpaired) electrons. The van der Waals surface area contributed by atoms with Crippen LogP contribution in [-0.2, 0) is 10.0 Å². The van der Waals surface area contributed by atoms with Crippen LogP contribution < -0.4 is 9.46 Å². The van der Waals surface area contributed by atoms with Gasteiger partial charge in [-0.05, 0) is 25.0 Å². The zero-order valence-corrected chi connectivity index (χ0v) is 11.8. The highest BCUT2D eigenvalue weighted by Crippen LogP contribution is 2.27. The van der Waals surface area contributed by atoms with Crippen LogP contribution in [0.25, 0.3) is 0 Å². The normalized spacial score (nSPS) is 14.6. The Bertz CT molecular complexity index is 600. The Kier molecular flexibility index (Phi) is 4.70. The zero-order valence-electron chi connectivity index (χ0n) is 10.2. The first-order valence-corrected chi connectivity index (χ1v) is 7.83. The van der Waals surface area contributed by atoms with Gasteiger partial charge >= 0.3 is 0 Å². The van der Waals surface area contributed by atoms with Crippen molar-refractivity contribution in [2.24, 2.45) is 0 Å². The molecule has 0 heterocycles. The lowest BCUT2D eigenvalue weighted by Gasteiger charge is -2.03. The van der Waals surface area contributed by atoms with Crippen LogP contribution in [-0.4, -0.2) is 26.8 Å². The summed E-state index contributed by atoms with van der Waals surface area (Å²) in [5, 5.41) is 0.312. The fourth-order valence-corrected chi connectivity index (χ4v) is 2.88. The van der Waals surface area contributed by atoms with Gasteiger partial charge < -0.3 is 4.74 Å². The van der Waals surface area contributed by atoms with Crippen LogP contribution in [0.2, 0.25) is 5.02 Å². The minimum atomic E-state index is -3.15. The largest absolute Gasteiger partial charge is 0.479 e. The predicted octanol–water partition coefficient (Wildman–Crippen LogP) is 1.80. The van der Waals surface area contributed by atoms with Crippen LogP contribution in [0.4, 0.5) is 0 Å². The molecule has 1 aromatic carbocycles. The van der Waals surface area contributed by atoms with Crippen molar-refractivity contribution < 1.29 is 13.2 Å². The Morgan fingerprint density at radius 1 is 1.32 bits per heavy atom. The molecule has 0 unspecified atom stereocenters. The van der Waals surface area contributed by atoms with E-state index in [1.165, 1.54) is 0 Å². The second kappa shape index (κ2) is 6.29. The van der Waals surface area contributed by atoms with Crippen molar-refractivity contribution in [3.8, 4) is 17.6 Å². The number of rotatable bonds is 5. The van der Waals surface area contributed by atoms with Crippen LogP contribution in [0, 0.1) is 11.8 Å². The molecule has 4 nitrogen and oxygen atoms in total. The van der Waals surface area contributed by atoms with E-state index in [9.17, 15) is 8.42 Å². The number of sulfonamides is 1. The van der Waals surface area contributed by atoms with Crippen molar-refractivity contribution in [1.82, 2.24) is 4.72 Å². The predicted molar refractivity (Wildman–Crippen MR) is 74.7 cm³/mol. The summed E-state index contributed by atoms with van der Waals surface area (Å²) < 4.78 is 30.7. The van der Waals surface area contributed by atoms with Gasteiger partial charge in [-0.15, -0.1) is 0 Å². The second-order valence-electron chi connectivity index (χ2n) is 4.14. The number of benzene rings is 1. The van der Waals surface area contributed by atoms with Crippen molar-refractivity contribution in [1.29, 1.82) is 0 Å². The molecule has 0 aliphatic heterocycles. The SMILES string of the molecule is O=S(=O)(NCC#CCOc1ccccc1Cl)C1CC1. The number of nitrogens with one attached hydrogen (secondary N) is 1. The smallest absolute Gasteiger partial charge is 0.215 e. The third kappa shape index (κ3) is 4.43. The van der Waals surface area contributed by atoms with Gasteiger partial charge in [0.2, 0.25) is 10.0 Å². The molecule has 0 amide bonds. The first-order chi connectivity index (χ1) is 9.09. The van der Waals surface area contributed by atoms with Crippen molar-refractivity contribution in [2.75, 3.05) is 13.2 Å². The van der Waals surface area contributed by atoms with Crippen LogP contribution in [0.1, 0.15) is 12.8 Å². The van der Waals surface area contributed by atoms with Crippen LogP contribution in [0.3, 0.4) is 0 Å². The Balaban J connectivity index is 1.72. The fourth-order valence-electron chi connectivity index (χ4n) is 1.42. The molecule has 1 fully saturated rings. The third-order valence-electron chi connectivity index (χ3n) is 2.59. The summed E-state index contributed by atoms with van der Waals surface area (Å²) in [7, 11) is -3.15. The molecule has 1 N–H and O–H groups in total. The maximum Gasteiger partial charge on any atom is 0.215 e. The topological polar surface area (TPSA) is 55.4 Å². The summed E-state index contributed by atoms with van der Waals surface area (Å²) in [5.41, 5.74) is 0. The van der Waals surface area contributed by atoms with Gasteiger partial charge in [-0.1, -0.05) is 35.6 Å². The van der Waals surface area contributed by atoms with Crippen molar-refractivity contribution >= 4 is 21.6 Å². The van der Waals surface area contributed by atoms with Gasteiger partial charge in [0.15, 0.2) is 0 Å². The van der Waals surface area contributed by atoms with Gasteiger partial charge in [0.05, 0.1) is 16.8 Å². The van der Waals surface area contributed by atoms with E-state index >= 15 is 0 Å². The summed E-state index contributed by atoms with van der Waals surface area (Å²) in [4.78, 5) is 0. The lowest BCUT2D eigenvalue weighted by molar-refractivity contribution is 0.370. The van der Waals surface area contributed by atoms with E-state index in [1.807, 2.05) is 12.1 Å². The van der Waals surface area contributed by atoms with Gasteiger partial charge in [0, 0.05) is 0 Å². The highest BCUT2D eigenvalue weighted by molar-refractivity contribution is 7.90. The number of hydrogen-bond acceptors (Lipinski definition) is 3. The minimum Gasteiger partial charge on any atom is -0.479 e. The summed E-state index contributed by atoms with van der Waals surface area (Å²) in [5.74, 6) is 6.01. The molecular weight excluding hydrogens is 286 g/mol. The average Bonchev–Trinajstić information content (AvgIpc) is 3.20. The molecule has 0 atom stereocenters. The fraction of sp³-hybridized carbons (Fsp3) is 0.385. The molecule has 1 aliphatic rings. The van der Waals surface area contributed by atoms with Crippen molar-refractivity contribution in [2.45, 2.75) is 18.1 Å². The lowest BCUT2D eigenvalue weighted by atomic mass is 10.3. The third-order valence-corrected chi connectivity index (χ3v) is 4.79. The monoisotopic (exact) mass is 299 g/mol. The summed E-state index contributed by atoms with van der Waals surface area (Å²) in [6.45, 7) is 0.291. The van der Waals surface area contributed by atoms with E-state index in [2.05, 4.69) is 16.6 Å². The van der Waals surface area contributed by atoms with Crippen LogP contribution in [0.15, 0.2) is 24.3 Å². The zero-order chi connectivity index (χ0) is 13.7. The first kappa shape index (κ1) is 14.2. The summed E-state index contributed by atoms with van der Waals surface area (Å²) in [6.07, 6.45) is 1.50. The van der Waals surface area contributed by atoms with Gasteiger partial charge in [-0.2, -0.15) is 0 Å². The molecule has 2 rings (SSSR count). The summed E-state index contributed by atoms with van der Waals surface area (Å²) in [6, 6.07) is 7.11. The van der Waals surface area contributed by atoms with E-state index in [-0.39, 0.29) is 18.4 Å².